The second-order valence-corrected chi connectivity index (χ2v) is 5.16. The minimum Gasteiger partial charge on any atom is -0.491 e. The first-order valence-electron chi connectivity index (χ1n) is 7.52. The molecule has 0 radical (unpaired) electrons. The van der Waals surface area contributed by atoms with Gasteiger partial charge in [0.2, 0.25) is 0 Å². The number of pyridine rings is 1. The number of ether oxygens (including phenoxy) is 1. The number of fused-ring (bicyclic) bond motifs is 1. The molecule has 0 amide bonds. The van der Waals surface area contributed by atoms with Crippen molar-refractivity contribution in [1.29, 1.82) is 0 Å². The molecule has 2 aromatic rings. The molecular weight excluding hydrogens is 262 g/mol. The Labute approximate surface area is 125 Å². The molecule has 0 bridgehead atoms. The summed E-state index contributed by atoms with van der Waals surface area (Å²) < 4.78 is 5.80. The molecule has 0 unspecified atom stereocenters. The van der Waals surface area contributed by atoms with Crippen LogP contribution in [0.3, 0.4) is 0 Å². The van der Waals surface area contributed by atoms with Crippen molar-refractivity contribution in [2.75, 3.05) is 29.9 Å². The molecule has 1 N–H and O–H groups in total. The summed E-state index contributed by atoms with van der Waals surface area (Å²) in [5.41, 5.74) is 3.36. The van der Waals surface area contributed by atoms with Gasteiger partial charge in [0.1, 0.15) is 5.75 Å². The standard InChI is InChI=1S/C17H21N3O/c1-2-18-14-8-9-19-15(12-14)13-20-10-5-11-21-17-7-4-3-6-16(17)20/h3-4,6-9,12H,2,5,10-11,13H2,1H3,(H,18,19). The Morgan fingerprint density at radius 2 is 2.19 bits per heavy atom. The van der Waals surface area contributed by atoms with Crippen LogP contribution in [0.1, 0.15) is 19.0 Å². The van der Waals surface area contributed by atoms with Gasteiger partial charge in [0, 0.05) is 25.0 Å². The maximum absolute atomic E-state index is 5.80. The fourth-order valence-corrected chi connectivity index (χ4v) is 2.64. The van der Waals surface area contributed by atoms with Gasteiger partial charge in [0.15, 0.2) is 0 Å². The quantitative estimate of drug-likeness (QED) is 0.934. The zero-order valence-corrected chi connectivity index (χ0v) is 12.4. The van der Waals surface area contributed by atoms with Crippen molar-refractivity contribution in [2.45, 2.75) is 19.9 Å². The number of hydrogen-bond acceptors (Lipinski definition) is 4. The molecule has 1 aliphatic rings. The third-order valence-electron chi connectivity index (χ3n) is 3.59. The first kappa shape index (κ1) is 13.7. The third-order valence-corrected chi connectivity index (χ3v) is 3.59. The molecule has 0 saturated heterocycles. The Morgan fingerprint density at radius 1 is 1.29 bits per heavy atom. The van der Waals surface area contributed by atoms with E-state index in [0.717, 1.165) is 55.5 Å². The van der Waals surface area contributed by atoms with E-state index in [0.29, 0.717) is 0 Å². The number of anilines is 2. The van der Waals surface area contributed by atoms with Crippen molar-refractivity contribution in [2.24, 2.45) is 0 Å². The van der Waals surface area contributed by atoms with Gasteiger partial charge in [-0.05, 0) is 37.6 Å². The van der Waals surface area contributed by atoms with Crippen LogP contribution in [0.4, 0.5) is 11.4 Å². The molecule has 1 aromatic heterocycles. The van der Waals surface area contributed by atoms with Crippen LogP contribution in [0.15, 0.2) is 42.6 Å². The first-order valence-corrected chi connectivity index (χ1v) is 7.52. The van der Waals surface area contributed by atoms with Gasteiger partial charge in [0.25, 0.3) is 0 Å². The molecule has 21 heavy (non-hydrogen) atoms. The van der Waals surface area contributed by atoms with Crippen molar-refractivity contribution in [3.05, 3.63) is 48.3 Å². The van der Waals surface area contributed by atoms with Crippen LogP contribution in [0.5, 0.6) is 5.75 Å². The second kappa shape index (κ2) is 6.48. The van der Waals surface area contributed by atoms with Gasteiger partial charge < -0.3 is 15.0 Å². The Hall–Kier alpha value is -2.23. The topological polar surface area (TPSA) is 37.4 Å². The average Bonchev–Trinajstić information content (AvgIpc) is 2.71. The molecule has 110 valence electrons. The highest BCUT2D eigenvalue weighted by atomic mass is 16.5. The number of rotatable bonds is 4. The first-order chi connectivity index (χ1) is 10.4. The van der Waals surface area contributed by atoms with E-state index < -0.39 is 0 Å². The van der Waals surface area contributed by atoms with Gasteiger partial charge in [0.05, 0.1) is 24.5 Å². The van der Waals surface area contributed by atoms with Gasteiger partial charge in [-0.1, -0.05) is 12.1 Å². The fourth-order valence-electron chi connectivity index (χ4n) is 2.64. The zero-order chi connectivity index (χ0) is 14.5. The van der Waals surface area contributed by atoms with E-state index in [1.54, 1.807) is 0 Å². The molecule has 0 fully saturated rings. The van der Waals surface area contributed by atoms with Crippen molar-refractivity contribution in [3.63, 3.8) is 0 Å². The molecule has 4 heteroatoms. The van der Waals surface area contributed by atoms with E-state index in [1.807, 2.05) is 24.4 Å². The zero-order valence-electron chi connectivity index (χ0n) is 12.4. The van der Waals surface area contributed by atoms with Crippen LogP contribution in [0, 0.1) is 0 Å². The minimum absolute atomic E-state index is 0.776. The maximum atomic E-state index is 5.80. The fraction of sp³-hybridized carbons (Fsp3) is 0.353. The Balaban J connectivity index is 1.82. The number of para-hydroxylation sites is 2. The molecule has 4 nitrogen and oxygen atoms in total. The number of nitrogens with one attached hydrogen (secondary N) is 1. The van der Waals surface area contributed by atoms with Crippen molar-refractivity contribution >= 4 is 11.4 Å². The molecular formula is C17H21N3O. The molecule has 1 aromatic carbocycles. The molecule has 0 saturated carbocycles. The number of benzene rings is 1. The largest absolute Gasteiger partial charge is 0.491 e. The Kier molecular flexibility index (Phi) is 4.24. The van der Waals surface area contributed by atoms with Crippen molar-refractivity contribution < 1.29 is 4.74 Å². The third kappa shape index (κ3) is 3.27. The summed E-state index contributed by atoms with van der Waals surface area (Å²) in [7, 11) is 0. The van der Waals surface area contributed by atoms with E-state index >= 15 is 0 Å². The van der Waals surface area contributed by atoms with Gasteiger partial charge in [-0.2, -0.15) is 0 Å². The molecule has 0 atom stereocenters. The summed E-state index contributed by atoms with van der Waals surface area (Å²) in [6.45, 7) is 5.59. The summed E-state index contributed by atoms with van der Waals surface area (Å²) in [6, 6.07) is 12.4. The predicted molar refractivity (Wildman–Crippen MR) is 86.0 cm³/mol. The van der Waals surface area contributed by atoms with E-state index in [1.165, 1.54) is 0 Å². The highest BCUT2D eigenvalue weighted by Gasteiger charge is 2.16. The molecule has 3 rings (SSSR count). The lowest BCUT2D eigenvalue weighted by atomic mass is 10.2. The number of aromatic nitrogens is 1. The second-order valence-electron chi connectivity index (χ2n) is 5.16. The highest BCUT2D eigenvalue weighted by Crippen LogP contribution is 2.31. The van der Waals surface area contributed by atoms with Gasteiger partial charge in [-0.15, -0.1) is 0 Å². The van der Waals surface area contributed by atoms with E-state index in [4.69, 9.17) is 4.74 Å². The SMILES string of the molecule is CCNc1ccnc(CN2CCCOc3ccccc32)c1. The molecule has 0 spiro atoms. The van der Waals surface area contributed by atoms with Gasteiger partial charge >= 0.3 is 0 Å². The smallest absolute Gasteiger partial charge is 0.142 e. The summed E-state index contributed by atoms with van der Waals surface area (Å²) in [4.78, 5) is 6.84. The molecule has 2 heterocycles. The lowest BCUT2D eigenvalue weighted by Crippen LogP contribution is -2.23. The highest BCUT2D eigenvalue weighted by molar-refractivity contribution is 5.59. The summed E-state index contributed by atoms with van der Waals surface area (Å²) >= 11 is 0. The monoisotopic (exact) mass is 283 g/mol. The van der Waals surface area contributed by atoms with Crippen LogP contribution < -0.4 is 15.0 Å². The van der Waals surface area contributed by atoms with Crippen molar-refractivity contribution in [1.82, 2.24) is 4.98 Å². The Morgan fingerprint density at radius 3 is 3.10 bits per heavy atom. The van der Waals surface area contributed by atoms with Gasteiger partial charge in [-0.25, -0.2) is 0 Å². The number of hydrogen-bond donors (Lipinski definition) is 1. The van der Waals surface area contributed by atoms with Crippen LogP contribution in [0.25, 0.3) is 0 Å². The Bertz CT molecular complexity index is 600. The van der Waals surface area contributed by atoms with E-state index in [9.17, 15) is 0 Å². The molecule has 1 aliphatic heterocycles. The average molecular weight is 283 g/mol. The predicted octanol–water partition coefficient (Wildman–Crippen LogP) is 3.30. The number of nitrogens with zero attached hydrogens (tertiary/aromatic N) is 2. The maximum Gasteiger partial charge on any atom is 0.142 e. The van der Waals surface area contributed by atoms with E-state index in [-0.39, 0.29) is 0 Å². The van der Waals surface area contributed by atoms with Crippen LogP contribution >= 0.6 is 0 Å². The van der Waals surface area contributed by atoms with Crippen LogP contribution in [-0.4, -0.2) is 24.7 Å². The van der Waals surface area contributed by atoms with Crippen molar-refractivity contribution in [3.8, 4) is 5.75 Å². The summed E-state index contributed by atoms with van der Waals surface area (Å²) in [6.07, 6.45) is 2.90. The summed E-state index contributed by atoms with van der Waals surface area (Å²) in [5.74, 6) is 0.970. The summed E-state index contributed by atoms with van der Waals surface area (Å²) in [5, 5.41) is 3.33. The van der Waals surface area contributed by atoms with E-state index in [2.05, 4.69) is 40.3 Å². The van der Waals surface area contributed by atoms with Gasteiger partial charge in [-0.3, -0.25) is 4.98 Å². The van der Waals surface area contributed by atoms with Crippen LogP contribution in [0.2, 0.25) is 0 Å². The van der Waals surface area contributed by atoms with Crippen LogP contribution in [-0.2, 0) is 6.54 Å². The normalized spacial score (nSPS) is 14.0. The minimum atomic E-state index is 0.776. The molecule has 0 aliphatic carbocycles. The lowest BCUT2D eigenvalue weighted by Gasteiger charge is -2.23. The lowest BCUT2D eigenvalue weighted by molar-refractivity contribution is 0.322.